The second-order valence-corrected chi connectivity index (χ2v) is 4.88. The third-order valence-corrected chi connectivity index (χ3v) is 3.53. The van der Waals surface area contributed by atoms with Gasteiger partial charge in [0.05, 0.1) is 11.6 Å². The Labute approximate surface area is 104 Å². The van der Waals surface area contributed by atoms with Crippen LogP contribution < -0.4 is 5.32 Å². The molecule has 0 heterocycles. The van der Waals surface area contributed by atoms with Crippen LogP contribution in [0.15, 0.2) is 24.3 Å². The molecule has 0 aliphatic heterocycles. The summed E-state index contributed by atoms with van der Waals surface area (Å²) in [4.78, 5) is 0. The molecule has 1 saturated carbocycles. The average molecular weight is 228 g/mol. The summed E-state index contributed by atoms with van der Waals surface area (Å²) in [6.45, 7) is 0.927. The highest BCUT2D eigenvalue weighted by atomic mass is 14.9. The van der Waals surface area contributed by atoms with E-state index in [9.17, 15) is 0 Å². The molecule has 1 fully saturated rings. The lowest BCUT2D eigenvalue weighted by Crippen LogP contribution is -2.27. The van der Waals surface area contributed by atoms with Crippen LogP contribution in [-0.4, -0.2) is 6.04 Å². The predicted octanol–water partition coefficient (Wildman–Crippen LogP) is 3.37. The molecule has 17 heavy (non-hydrogen) atoms. The van der Waals surface area contributed by atoms with Gasteiger partial charge in [0.1, 0.15) is 0 Å². The minimum atomic E-state index is 0.688. The van der Waals surface area contributed by atoms with Crippen LogP contribution in [0.25, 0.3) is 0 Å². The summed E-state index contributed by atoms with van der Waals surface area (Å²) in [6.07, 6.45) is 8.16. The van der Waals surface area contributed by atoms with E-state index in [0.29, 0.717) is 6.04 Å². The number of nitrogens with zero attached hydrogens (tertiary/aromatic N) is 1. The molecule has 0 amide bonds. The van der Waals surface area contributed by atoms with Gasteiger partial charge in [0.15, 0.2) is 0 Å². The Morgan fingerprint density at radius 1 is 1.06 bits per heavy atom. The van der Waals surface area contributed by atoms with Gasteiger partial charge in [0, 0.05) is 12.6 Å². The van der Waals surface area contributed by atoms with E-state index in [1.54, 1.807) is 0 Å². The van der Waals surface area contributed by atoms with Crippen LogP contribution in [0.5, 0.6) is 0 Å². The van der Waals surface area contributed by atoms with Crippen LogP contribution >= 0.6 is 0 Å². The maximum absolute atomic E-state index is 8.73. The molecule has 0 aromatic heterocycles. The van der Waals surface area contributed by atoms with Gasteiger partial charge in [0.2, 0.25) is 0 Å². The van der Waals surface area contributed by atoms with Gasteiger partial charge in [-0.25, -0.2) is 0 Å². The summed E-state index contributed by atoms with van der Waals surface area (Å²) < 4.78 is 0. The summed E-state index contributed by atoms with van der Waals surface area (Å²) in [5, 5.41) is 12.4. The van der Waals surface area contributed by atoms with E-state index in [1.807, 2.05) is 24.3 Å². The summed E-state index contributed by atoms with van der Waals surface area (Å²) in [7, 11) is 0. The van der Waals surface area contributed by atoms with Gasteiger partial charge < -0.3 is 5.32 Å². The summed E-state index contributed by atoms with van der Waals surface area (Å²) >= 11 is 0. The summed E-state index contributed by atoms with van der Waals surface area (Å²) in [5.74, 6) is 0. The molecular formula is C15H20N2. The second kappa shape index (κ2) is 6.42. The number of hydrogen-bond acceptors (Lipinski definition) is 2. The van der Waals surface area contributed by atoms with Gasteiger partial charge in [0.25, 0.3) is 0 Å². The van der Waals surface area contributed by atoms with Gasteiger partial charge in [-0.3, -0.25) is 0 Å². The SMILES string of the molecule is N#Cc1ccc(CNC2CCCCCC2)cc1. The largest absolute Gasteiger partial charge is 0.310 e. The van der Waals surface area contributed by atoms with Gasteiger partial charge in [-0.05, 0) is 30.5 Å². The van der Waals surface area contributed by atoms with Gasteiger partial charge in [-0.2, -0.15) is 5.26 Å². The molecule has 2 heteroatoms. The maximum Gasteiger partial charge on any atom is 0.0991 e. The Morgan fingerprint density at radius 3 is 2.29 bits per heavy atom. The van der Waals surface area contributed by atoms with Crippen molar-refractivity contribution in [2.75, 3.05) is 0 Å². The monoisotopic (exact) mass is 228 g/mol. The molecule has 0 radical (unpaired) electrons. The number of benzene rings is 1. The van der Waals surface area contributed by atoms with Crippen LogP contribution in [-0.2, 0) is 6.54 Å². The second-order valence-electron chi connectivity index (χ2n) is 4.88. The Morgan fingerprint density at radius 2 is 1.71 bits per heavy atom. The molecule has 1 aromatic rings. The predicted molar refractivity (Wildman–Crippen MR) is 69.5 cm³/mol. The van der Waals surface area contributed by atoms with E-state index >= 15 is 0 Å². The zero-order valence-electron chi connectivity index (χ0n) is 10.3. The fraction of sp³-hybridized carbons (Fsp3) is 0.533. The van der Waals surface area contributed by atoms with Crippen molar-refractivity contribution in [3.05, 3.63) is 35.4 Å². The van der Waals surface area contributed by atoms with Crippen LogP contribution in [0, 0.1) is 11.3 Å². The highest BCUT2D eigenvalue weighted by Gasteiger charge is 2.10. The van der Waals surface area contributed by atoms with E-state index in [1.165, 1.54) is 44.1 Å². The van der Waals surface area contributed by atoms with Crippen LogP contribution in [0.1, 0.15) is 49.7 Å². The minimum absolute atomic E-state index is 0.688. The molecule has 2 rings (SSSR count). The van der Waals surface area contributed by atoms with Crippen molar-refractivity contribution in [1.82, 2.24) is 5.32 Å². The first-order valence-electron chi connectivity index (χ1n) is 6.61. The molecule has 0 bridgehead atoms. The van der Waals surface area contributed by atoms with Crippen LogP contribution in [0.2, 0.25) is 0 Å². The zero-order valence-corrected chi connectivity index (χ0v) is 10.3. The molecule has 1 aliphatic carbocycles. The normalized spacial score (nSPS) is 17.4. The fourth-order valence-corrected chi connectivity index (χ4v) is 2.44. The van der Waals surface area contributed by atoms with Gasteiger partial charge in [-0.15, -0.1) is 0 Å². The van der Waals surface area contributed by atoms with E-state index in [-0.39, 0.29) is 0 Å². The van der Waals surface area contributed by atoms with Crippen LogP contribution in [0.4, 0.5) is 0 Å². The molecule has 0 atom stereocenters. The molecule has 90 valence electrons. The lowest BCUT2D eigenvalue weighted by atomic mass is 10.1. The summed E-state index contributed by atoms with van der Waals surface area (Å²) in [5.41, 5.74) is 2.01. The van der Waals surface area contributed by atoms with Crippen molar-refractivity contribution in [3.63, 3.8) is 0 Å². The minimum Gasteiger partial charge on any atom is -0.310 e. The lowest BCUT2D eigenvalue weighted by Gasteiger charge is -2.16. The van der Waals surface area contributed by atoms with Crippen molar-refractivity contribution in [3.8, 4) is 6.07 Å². The Bertz CT molecular complexity index is 367. The first-order chi connectivity index (χ1) is 8.38. The topological polar surface area (TPSA) is 35.8 Å². The molecule has 1 aliphatic rings. The van der Waals surface area contributed by atoms with E-state index in [0.717, 1.165) is 12.1 Å². The highest BCUT2D eigenvalue weighted by Crippen LogP contribution is 2.17. The number of hydrogen-bond donors (Lipinski definition) is 1. The lowest BCUT2D eigenvalue weighted by molar-refractivity contribution is 0.459. The zero-order chi connectivity index (χ0) is 11.9. The molecular weight excluding hydrogens is 208 g/mol. The third kappa shape index (κ3) is 3.87. The Hall–Kier alpha value is -1.33. The van der Waals surface area contributed by atoms with Crippen molar-refractivity contribution < 1.29 is 0 Å². The van der Waals surface area contributed by atoms with E-state index in [2.05, 4.69) is 11.4 Å². The maximum atomic E-state index is 8.73. The Balaban J connectivity index is 1.82. The average Bonchev–Trinajstić information content (AvgIpc) is 2.65. The Kier molecular flexibility index (Phi) is 4.58. The van der Waals surface area contributed by atoms with Crippen molar-refractivity contribution in [2.24, 2.45) is 0 Å². The first-order valence-corrected chi connectivity index (χ1v) is 6.61. The highest BCUT2D eigenvalue weighted by molar-refractivity contribution is 5.31. The van der Waals surface area contributed by atoms with Gasteiger partial charge >= 0.3 is 0 Å². The van der Waals surface area contributed by atoms with Crippen LogP contribution in [0.3, 0.4) is 0 Å². The molecule has 0 unspecified atom stereocenters. The molecule has 1 N–H and O–H groups in total. The van der Waals surface area contributed by atoms with Crippen molar-refractivity contribution in [1.29, 1.82) is 5.26 Å². The fourth-order valence-electron chi connectivity index (χ4n) is 2.44. The van der Waals surface area contributed by atoms with Crippen molar-refractivity contribution in [2.45, 2.75) is 51.1 Å². The van der Waals surface area contributed by atoms with Gasteiger partial charge in [-0.1, -0.05) is 37.8 Å². The van der Waals surface area contributed by atoms with Crippen molar-refractivity contribution >= 4 is 0 Å². The summed E-state index contributed by atoms with van der Waals surface area (Å²) in [6, 6.07) is 10.7. The molecule has 0 saturated heterocycles. The number of nitriles is 1. The molecule has 2 nitrogen and oxygen atoms in total. The standard InChI is InChI=1S/C15H20N2/c16-11-13-7-9-14(10-8-13)12-17-15-5-3-1-2-4-6-15/h7-10,15,17H,1-6,12H2. The third-order valence-electron chi connectivity index (χ3n) is 3.53. The number of nitrogens with one attached hydrogen (secondary N) is 1. The number of rotatable bonds is 3. The van der Waals surface area contributed by atoms with E-state index in [4.69, 9.17) is 5.26 Å². The molecule has 0 spiro atoms. The quantitative estimate of drug-likeness (QED) is 0.805. The smallest absolute Gasteiger partial charge is 0.0991 e. The first kappa shape index (κ1) is 12.1. The molecule has 1 aromatic carbocycles. The van der Waals surface area contributed by atoms with E-state index < -0.39 is 0 Å².